The Bertz CT molecular complexity index is 507. The van der Waals surface area contributed by atoms with Crippen molar-refractivity contribution in [2.75, 3.05) is 20.8 Å². The SMILES string of the molecule is COc1ccc(CNCCc2cnc[nH]2)c(OC)c1.Cl.Cl. The van der Waals surface area contributed by atoms with E-state index in [1.54, 1.807) is 20.5 Å². The number of halogens is 2. The molecule has 21 heavy (non-hydrogen) atoms. The Kier molecular flexibility index (Phi) is 9.62. The fraction of sp³-hybridized carbons (Fsp3) is 0.357. The molecule has 0 atom stereocenters. The number of hydrogen-bond donors (Lipinski definition) is 2. The van der Waals surface area contributed by atoms with Crippen LogP contribution < -0.4 is 14.8 Å². The van der Waals surface area contributed by atoms with Gasteiger partial charge in [0, 0.05) is 43.0 Å². The lowest BCUT2D eigenvalue weighted by Gasteiger charge is -2.11. The van der Waals surface area contributed by atoms with Crippen LogP contribution in [0.4, 0.5) is 0 Å². The number of imidazole rings is 1. The van der Waals surface area contributed by atoms with Gasteiger partial charge >= 0.3 is 0 Å². The third-order valence-corrected chi connectivity index (χ3v) is 2.94. The Morgan fingerprint density at radius 1 is 1.19 bits per heavy atom. The number of methoxy groups -OCH3 is 2. The van der Waals surface area contributed by atoms with Crippen molar-refractivity contribution >= 4 is 24.8 Å². The summed E-state index contributed by atoms with van der Waals surface area (Å²) in [7, 11) is 3.32. The number of H-pyrrole nitrogens is 1. The van der Waals surface area contributed by atoms with Crippen molar-refractivity contribution in [3.63, 3.8) is 0 Å². The monoisotopic (exact) mass is 333 g/mol. The summed E-state index contributed by atoms with van der Waals surface area (Å²) in [5, 5.41) is 3.38. The maximum absolute atomic E-state index is 5.35. The number of hydrogen-bond acceptors (Lipinski definition) is 4. The van der Waals surface area contributed by atoms with Crippen molar-refractivity contribution in [3.05, 3.63) is 42.0 Å². The van der Waals surface area contributed by atoms with Crippen molar-refractivity contribution in [2.24, 2.45) is 0 Å². The number of nitrogens with one attached hydrogen (secondary N) is 2. The molecule has 0 aliphatic heterocycles. The van der Waals surface area contributed by atoms with Crippen LogP contribution in [0.25, 0.3) is 0 Å². The minimum atomic E-state index is 0. The first-order valence-corrected chi connectivity index (χ1v) is 6.22. The molecule has 2 rings (SSSR count). The second kappa shape index (κ2) is 10.3. The highest BCUT2D eigenvalue weighted by atomic mass is 35.5. The lowest BCUT2D eigenvalue weighted by molar-refractivity contribution is 0.390. The molecule has 0 bridgehead atoms. The highest BCUT2D eigenvalue weighted by molar-refractivity contribution is 5.85. The quantitative estimate of drug-likeness (QED) is 0.764. The lowest BCUT2D eigenvalue weighted by atomic mass is 10.2. The zero-order chi connectivity index (χ0) is 13.5. The normalized spacial score (nSPS) is 9.43. The van der Waals surface area contributed by atoms with Crippen molar-refractivity contribution in [1.82, 2.24) is 15.3 Å². The number of ether oxygens (including phenoxy) is 2. The van der Waals surface area contributed by atoms with Crippen LogP contribution in [-0.2, 0) is 13.0 Å². The predicted molar refractivity (Wildman–Crippen MR) is 88.0 cm³/mol. The predicted octanol–water partition coefficient (Wildman–Crippen LogP) is 2.60. The fourth-order valence-corrected chi connectivity index (χ4v) is 1.87. The number of nitrogens with zero attached hydrogens (tertiary/aromatic N) is 1. The summed E-state index contributed by atoms with van der Waals surface area (Å²) in [6, 6.07) is 5.85. The van der Waals surface area contributed by atoms with E-state index in [4.69, 9.17) is 9.47 Å². The number of aromatic amines is 1. The molecule has 0 unspecified atom stereocenters. The Hall–Kier alpha value is -1.43. The molecule has 7 heteroatoms. The van der Waals surface area contributed by atoms with Crippen molar-refractivity contribution in [2.45, 2.75) is 13.0 Å². The van der Waals surface area contributed by atoms with Gasteiger partial charge in [0.1, 0.15) is 11.5 Å². The van der Waals surface area contributed by atoms with Crippen LogP contribution in [0.3, 0.4) is 0 Å². The molecule has 0 amide bonds. The molecule has 5 nitrogen and oxygen atoms in total. The van der Waals surface area contributed by atoms with Gasteiger partial charge < -0.3 is 19.8 Å². The third kappa shape index (κ3) is 5.83. The largest absolute Gasteiger partial charge is 0.497 e. The van der Waals surface area contributed by atoms with E-state index >= 15 is 0 Å². The summed E-state index contributed by atoms with van der Waals surface area (Å²) >= 11 is 0. The van der Waals surface area contributed by atoms with Crippen LogP contribution in [0.5, 0.6) is 11.5 Å². The van der Waals surface area contributed by atoms with Gasteiger partial charge in [0.15, 0.2) is 0 Å². The number of rotatable bonds is 7. The molecule has 0 spiro atoms. The van der Waals surface area contributed by atoms with Gasteiger partial charge in [-0.3, -0.25) is 0 Å². The first-order chi connectivity index (χ1) is 9.33. The Morgan fingerprint density at radius 2 is 2.00 bits per heavy atom. The van der Waals surface area contributed by atoms with Gasteiger partial charge in [-0.2, -0.15) is 0 Å². The average Bonchev–Trinajstić information content (AvgIpc) is 2.96. The minimum absolute atomic E-state index is 0. The molecule has 1 heterocycles. The maximum atomic E-state index is 5.35. The maximum Gasteiger partial charge on any atom is 0.127 e. The van der Waals surface area contributed by atoms with Crippen LogP contribution in [-0.4, -0.2) is 30.7 Å². The molecule has 0 radical (unpaired) electrons. The van der Waals surface area contributed by atoms with E-state index in [0.717, 1.165) is 42.3 Å². The fourth-order valence-electron chi connectivity index (χ4n) is 1.87. The van der Waals surface area contributed by atoms with Crippen molar-refractivity contribution in [1.29, 1.82) is 0 Å². The zero-order valence-corrected chi connectivity index (χ0v) is 13.7. The van der Waals surface area contributed by atoms with Crippen LogP contribution >= 0.6 is 24.8 Å². The molecular formula is C14H21Cl2N3O2. The van der Waals surface area contributed by atoms with E-state index in [9.17, 15) is 0 Å². The van der Waals surface area contributed by atoms with Gasteiger partial charge in [0.25, 0.3) is 0 Å². The van der Waals surface area contributed by atoms with Crippen LogP contribution in [0.1, 0.15) is 11.3 Å². The summed E-state index contributed by atoms with van der Waals surface area (Å²) in [6.45, 7) is 1.65. The minimum Gasteiger partial charge on any atom is -0.497 e. The summed E-state index contributed by atoms with van der Waals surface area (Å²) in [4.78, 5) is 7.07. The van der Waals surface area contributed by atoms with E-state index in [-0.39, 0.29) is 24.8 Å². The topological polar surface area (TPSA) is 59.2 Å². The second-order valence-electron chi connectivity index (χ2n) is 4.18. The summed E-state index contributed by atoms with van der Waals surface area (Å²) in [5.74, 6) is 1.64. The Morgan fingerprint density at radius 3 is 2.62 bits per heavy atom. The molecule has 0 aliphatic rings. The lowest BCUT2D eigenvalue weighted by Crippen LogP contribution is -2.17. The summed E-state index contributed by atoms with van der Waals surface area (Å²) < 4.78 is 10.5. The Labute approximate surface area is 137 Å². The molecule has 0 fully saturated rings. The van der Waals surface area contributed by atoms with E-state index in [1.165, 1.54) is 0 Å². The Balaban J connectivity index is 0.00000200. The van der Waals surface area contributed by atoms with Crippen molar-refractivity contribution < 1.29 is 9.47 Å². The zero-order valence-electron chi connectivity index (χ0n) is 12.1. The average molecular weight is 334 g/mol. The molecule has 2 aromatic rings. The molecule has 0 saturated carbocycles. The van der Waals surface area contributed by atoms with E-state index in [0.29, 0.717) is 0 Å². The molecule has 0 aliphatic carbocycles. The van der Waals surface area contributed by atoms with E-state index in [2.05, 4.69) is 15.3 Å². The molecule has 2 N–H and O–H groups in total. The molecule has 118 valence electrons. The molecular weight excluding hydrogens is 313 g/mol. The summed E-state index contributed by atoms with van der Waals surface area (Å²) in [5.41, 5.74) is 2.25. The van der Waals surface area contributed by atoms with E-state index < -0.39 is 0 Å². The van der Waals surface area contributed by atoms with Crippen molar-refractivity contribution in [3.8, 4) is 11.5 Å². The molecule has 1 aromatic heterocycles. The van der Waals surface area contributed by atoms with E-state index in [1.807, 2.05) is 24.4 Å². The first kappa shape index (κ1) is 19.6. The van der Waals surface area contributed by atoms with Gasteiger partial charge in [0.05, 0.1) is 20.5 Å². The van der Waals surface area contributed by atoms with Gasteiger partial charge in [-0.25, -0.2) is 4.98 Å². The van der Waals surface area contributed by atoms with Gasteiger partial charge in [-0.05, 0) is 6.07 Å². The van der Waals surface area contributed by atoms with Crippen LogP contribution in [0, 0.1) is 0 Å². The smallest absolute Gasteiger partial charge is 0.127 e. The standard InChI is InChI=1S/C14H19N3O2.2ClH/c1-18-13-4-3-11(14(7-13)19-2)8-15-6-5-12-9-16-10-17-12;;/h3-4,7,9-10,15H,5-6,8H2,1-2H3,(H,16,17);2*1H. The van der Waals surface area contributed by atoms with Crippen LogP contribution in [0.15, 0.2) is 30.7 Å². The van der Waals surface area contributed by atoms with Gasteiger partial charge in [-0.15, -0.1) is 24.8 Å². The van der Waals surface area contributed by atoms with Gasteiger partial charge in [-0.1, -0.05) is 6.07 Å². The number of benzene rings is 1. The highest BCUT2D eigenvalue weighted by Crippen LogP contribution is 2.24. The summed E-state index contributed by atoms with van der Waals surface area (Å²) in [6.07, 6.45) is 4.47. The third-order valence-electron chi connectivity index (χ3n) is 2.94. The highest BCUT2D eigenvalue weighted by Gasteiger charge is 2.04. The second-order valence-corrected chi connectivity index (χ2v) is 4.18. The first-order valence-electron chi connectivity index (χ1n) is 6.22. The molecule has 0 saturated heterocycles. The van der Waals surface area contributed by atoms with Crippen LogP contribution in [0.2, 0.25) is 0 Å². The van der Waals surface area contributed by atoms with Gasteiger partial charge in [0.2, 0.25) is 0 Å². The molecule has 1 aromatic carbocycles. The number of aromatic nitrogens is 2.